The predicted octanol–water partition coefficient (Wildman–Crippen LogP) is 3.39. The van der Waals surface area contributed by atoms with E-state index in [1.54, 1.807) is 6.07 Å². The van der Waals surface area contributed by atoms with E-state index in [1.165, 1.54) is 6.07 Å². The van der Waals surface area contributed by atoms with Crippen LogP contribution in [0, 0.1) is 10.1 Å². The summed E-state index contributed by atoms with van der Waals surface area (Å²) < 4.78 is 5.41. The SMILES string of the molecule is CC(C)Nc1ccc([N+](=O)[O-])c(Nc2ccccc2N2CCOCC2)n1. The largest absolute Gasteiger partial charge is 0.378 e. The van der Waals surface area contributed by atoms with Crippen LogP contribution in [0.2, 0.25) is 0 Å². The van der Waals surface area contributed by atoms with Crippen molar-refractivity contribution in [1.29, 1.82) is 0 Å². The molecule has 0 atom stereocenters. The third-order valence-electron chi connectivity index (χ3n) is 4.02. The van der Waals surface area contributed by atoms with E-state index in [2.05, 4.69) is 20.5 Å². The second kappa shape index (κ2) is 8.01. The van der Waals surface area contributed by atoms with Gasteiger partial charge in [0, 0.05) is 25.2 Å². The maximum absolute atomic E-state index is 11.4. The Kier molecular flexibility index (Phi) is 5.52. The number of nitrogens with one attached hydrogen (secondary N) is 2. The molecule has 2 heterocycles. The van der Waals surface area contributed by atoms with Crippen molar-refractivity contribution < 1.29 is 9.66 Å². The zero-order valence-electron chi connectivity index (χ0n) is 14.9. The minimum Gasteiger partial charge on any atom is -0.378 e. The van der Waals surface area contributed by atoms with Gasteiger partial charge < -0.3 is 20.3 Å². The molecule has 2 aromatic rings. The molecule has 0 unspecified atom stereocenters. The molecular weight excluding hydrogens is 334 g/mol. The van der Waals surface area contributed by atoms with Gasteiger partial charge in [-0.05, 0) is 32.0 Å². The lowest BCUT2D eigenvalue weighted by atomic mass is 10.2. The van der Waals surface area contributed by atoms with Crippen LogP contribution in [0.4, 0.5) is 28.7 Å². The van der Waals surface area contributed by atoms with Crippen molar-refractivity contribution in [3.8, 4) is 0 Å². The fourth-order valence-electron chi connectivity index (χ4n) is 2.85. The van der Waals surface area contributed by atoms with Crippen LogP contribution in [0.5, 0.6) is 0 Å². The first-order valence-corrected chi connectivity index (χ1v) is 8.65. The summed E-state index contributed by atoms with van der Waals surface area (Å²) in [5, 5.41) is 17.7. The molecule has 1 aromatic heterocycles. The number of hydrogen-bond donors (Lipinski definition) is 2. The van der Waals surface area contributed by atoms with Gasteiger partial charge in [0.1, 0.15) is 5.82 Å². The van der Waals surface area contributed by atoms with E-state index in [4.69, 9.17) is 4.74 Å². The molecule has 0 amide bonds. The Hall–Kier alpha value is -2.87. The van der Waals surface area contributed by atoms with Crippen molar-refractivity contribution in [2.24, 2.45) is 0 Å². The Bertz CT molecular complexity index is 775. The summed E-state index contributed by atoms with van der Waals surface area (Å²) in [7, 11) is 0. The monoisotopic (exact) mass is 357 g/mol. The molecule has 1 fully saturated rings. The van der Waals surface area contributed by atoms with Crippen LogP contribution in [0.15, 0.2) is 36.4 Å². The number of pyridine rings is 1. The molecule has 2 N–H and O–H groups in total. The number of anilines is 4. The summed E-state index contributed by atoms with van der Waals surface area (Å²) in [5.41, 5.74) is 1.71. The van der Waals surface area contributed by atoms with E-state index in [9.17, 15) is 10.1 Å². The second-order valence-corrected chi connectivity index (χ2v) is 6.36. The molecule has 1 aliphatic heterocycles. The molecule has 0 saturated carbocycles. The number of hydrogen-bond acceptors (Lipinski definition) is 7. The van der Waals surface area contributed by atoms with Crippen molar-refractivity contribution >= 4 is 28.7 Å². The Morgan fingerprint density at radius 1 is 1.19 bits per heavy atom. The number of nitro groups is 1. The standard InChI is InChI=1S/C18H23N5O3/c1-13(2)19-17-8-7-16(23(24)25)18(21-17)20-14-5-3-4-6-15(14)22-9-11-26-12-10-22/h3-8,13H,9-12H2,1-2H3,(H2,19,20,21). The average molecular weight is 357 g/mol. The van der Waals surface area contributed by atoms with E-state index in [-0.39, 0.29) is 17.5 Å². The zero-order chi connectivity index (χ0) is 18.5. The highest BCUT2D eigenvalue weighted by atomic mass is 16.6. The van der Waals surface area contributed by atoms with Crippen LogP contribution < -0.4 is 15.5 Å². The van der Waals surface area contributed by atoms with E-state index in [1.807, 2.05) is 38.1 Å². The highest BCUT2D eigenvalue weighted by molar-refractivity contribution is 5.77. The van der Waals surface area contributed by atoms with E-state index in [0.717, 1.165) is 24.5 Å². The normalized spacial score (nSPS) is 14.3. The van der Waals surface area contributed by atoms with Crippen molar-refractivity contribution in [3.63, 3.8) is 0 Å². The van der Waals surface area contributed by atoms with Crippen LogP contribution in [-0.4, -0.2) is 42.3 Å². The third kappa shape index (κ3) is 4.20. The molecular formula is C18H23N5O3. The van der Waals surface area contributed by atoms with Gasteiger partial charge in [-0.15, -0.1) is 0 Å². The predicted molar refractivity (Wildman–Crippen MR) is 102 cm³/mol. The highest BCUT2D eigenvalue weighted by Gasteiger charge is 2.20. The Morgan fingerprint density at radius 2 is 1.92 bits per heavy atom. The van der Waals surface area contributed by atoms with Crippen LogP contribution >= 0.6 is 0 Å². The summed E-state index contributed by atoms with van der Waals surface area (Å²) in [6, 6.07) is 11.0. The first kappa shape index (κ1) is 17.9. The quantitative estimate of drug-likeness (QED) is 0.604. The first-order chi connectivity index (χ1) is 12.5. The van der Waals surface area contributed by atoms with Crippen LogP contribution in [-0.2, 0) is 4.74 Å². The Labute approximate surface area is 152 Å². The molecule has 0 aliphatic carbocycles. The minimum absolute atomic E-state index is 0.0592. The number of ether oxygens (including phenoxy) is 1. The number of para-hydroxylation sites is 2. The number of rotatable bonds is 6. The summed E-state index contributed by atoms with van der Waals surface area (Å²) in [5.74, 6) is 0.818. The summed E-state index contributed by atoms with van der Waals surface area (Å²) in [6.07, 6.45) is 0. The van der Waals surface area contributed by atoms with Crippen LogP contribution in [0.25, 0.3) is 0 Å². The van der Waals surface area contributed by atoms with Crippen molar-refractivity contribution in [2.45, 2.75) is 19.9 Å². The first-order valence-electron chi connectivity index (χ1n) is 8.65. The number of nitrogens with zero attached hydrogens (tertiary/aromatic N) is 3. The lowest BCUT2D eigenvalue weighted by Gasteiger charge is -2.30. The maximum atomic E-state index is 11.4. The third-order valence-corrected chi connectivity index (χ3v) is 4.02. The minimum atomic E-state index is -0.425. The van der Waals surface area contributed by atoms with Gasteiger partial charge in [0.2, 0.25) is 5.82 Å². The molecule has 3 rings (SSSR count). The van der Waals surface area contributed by atoms with Crippen LogP contribution in [0.3, 0.4) is 0 Å². The number of aromatic nitrogens is 1. The van der Waals surface area contributed by atoms with Crippen molar-refractivity contribution in [3.05, 3.63) is 46.5 Å². The second-order valence-electron chi connectivity index (χ2n) is 6.36. The average Bonchev–Trinajstić information content (AvgIpc) is 2.62. The van der Waals surface area contributed by atoms with Gasteiger partial charge in [0.15, 0.2) is 0 Å². The molecule has 1 saturated heterocycles. The molecule has 26 heavy (non-hydrogen) atoms. The van der Waals surface area contributed by atoms with Crippen molar-refractivity contribution in [2.75, 3.05) is 41.8 Å². The summed E-state index contributed by atoms with van der Waals surface area (Å²) >= 11 is 0. The zero-order valence-corrected chi connectivity index (χ0v) is 14.9. The lowest BCUT2D eigenvalue weighted by molar-refractivity contribution is -0.384. The molecule has 138 valence electrons. The highest BCUT2D eigenvalue weighted by Crippen LogP contribution is 2.33. The van der Waals surface area contributed by atoms with Gasteiger partial charge >= 0.3 is 5.69 Å². The summed E-state index contributed by atoms with van der Waals surface area (Å²) in [6.45, 7) is 6.88. The smallest absolute Gasteiger partial charge is 0.311 e. The van der Waals surface area contributed by atoms with Gasteiger partial charge in [-0.25, -0.2) is 4.98 Å². The number of morpholine rings is 1. The van der Waals surface area contributed by atoms with Crippen molar-refractivity contribution in [1.82, 2.24) is 4.98 Å². The Balaban J connectivity index is 1.93. The van der Waals surface area contributed by atoms with E-state index < -0.39 is 4.92 Å². The maximum Gasteiger partial charge on any atom is 0.311 e. The molecule has 1 aromatic carbocycles. The van der Waals surface area contributed by atoms with E-state index in [0.29, 0.717) is 19.0 Å². The van der Waals surface area contributed by atoms with Gasteiger partial charge in [-0.1, -0.05) is 12.1 Å². The lowest BCUT2D eigenvalue weighted by Crippen LogP contribution is -2.36. The fraction of sp³-hybridized carbons (Fsp3) is 0.389. The van der Waals surface area contributed by atoms with Gasteiger partial charge in [0.25, 0.3) is 0 Å². The van der Waals surface area contributed by atoms with Gasteiger partial charge in [-0.3, -0.25) is 10.1 Å². The molecule has 0 bridgehead atoms. The van der Waals surface area contributed by atoms with Crippen LogP contribution in [0.1, 0.15) is 13.8 Å². The fourth-order valence-corrected chi connectivity index (χ4v) is 2.85. The molecule has 0 radical (unpaired) electrons. The Morgan fingerprint density at radius 3 is 2.62 bits per heavy atom. The van der Waals surface area contributed by atoms with Gasteiger partial charge in [0.05, 0.1) is 29.5 Å². The molecule has 8 heteroatoms. The molecule has 0 spiro atoms. The molecule has 8 nitrogen and oxygen atoms in total. The topological polar surface area (TPSA) is 92.6 Å². The van der Waals surface area contributed by atoms with E-state index >= 15 is 0 Å². The number of benzene rings is 1. The molecule has 1 aliphatic rings. The summed E-state index contributed by atoms with van der Waals surface area (Å²) in [4.78, 5) is 17.6. The van der Waals surface area contributed by atoms with Gasteiger partial charge in [-0.2, -0.15) is 0 Å².